The number of nitrogens with two attached hydrogens (primary N) is 1. The summed E-state index contributed by atoms with van der Waals surface area (Å²) >= 11 is 3.03. The fourth-order valence-corrected chi connectivity index (χ4v) is 3.29. The SMILES string of the molecule is CCCc1c(N)ncnc1Sc1nnc(N(C)C)s1. The lowest BCUT2D eigenvalue weighted by Gasteiger charge is -2.07. The molecule has 2 rings (SSSR count). The van der Waals surface area contributed by atoms with E-state index in [-0.39, 0.29) is 0 Å². The van der Waals surface area contributed by atoms with Gasteiger partial charge in [-0.2, -0.15) is 0 Å². The van der Waals surface area contributed by atoms with Crippen molar-refractivity contribution in [3.63, 3.8) is 0 Å². The van der Waals surface area contributed by atoms with Crippen LogP contribution in [0.1, 0.15) is 18.9 Å². The van der Waals surface area contributed by atoms with Gasteiger partial charge in [0.05, 0.1) is 0 Å². The van der Waals surface area contributed by atoms with Gasteiger partial charge in [-0.25, -0.2) is 9.97 Å². The molecule has 0 aromatic carbocycles. The summed E-state index contributed by atoms with van der Waals surface area (Å²) in [6.07, 6.45) is 3.36. The van der Waals surface area contributed by atoms with Crippen molar-refractivity contribution in [1.29, 1.82) is 0 Å². The number of hydrogen-bond donors (Lipinski definition) is 1. The maximum atomic E-state index is 5.91. The number of nitrogen functional groups attached to an aromatic ring is 1. The van der Waals surface area contributed by atoms with Gasteiger partial charge in [-0.15, -0.1) is 10.2 Å². The van der Waals surface area contributed by atoms with E-state index in [2.05, 4.69) is 27.1 Å². The van der Waals surface area contributed by atoms with Crippen LogP contribution < -0.4 is 10.6 Å². The van der Waals surface area contributed by atoms with Crippen LogP contribution in [0, 0.1) is 0 Å². The number of nitrogens with zero attached hydrogens (tertiary/aromatic N) is 5. The molecule has 0 fully saturated rings. The average Bonchev–Trinajstić information content (AvgIpc) is 2.82. The van der Waals surface area contributed by atoms with Crippen LogP contribution in [0.5, 0.6) is 0 Å². The van der Waals surface area contributed by atoms with Gasteiger partial charge in [-0.3, -0.25) is 0 Å². The van der Waals surface area contributed by atoms with Crippen molar-refractivity contribution in [3.8, 4) is 0 Å². The van der Waals surface area contributed by atoms with Crippen LogP contribution in [-0.2, 0) is 6.42 Å². The van der Waals surface area contributed by atoms with E-state index in [1.807, 2.05) is 19.0 Å². The smallest absolute Gasteiger partial charge is 0.208 e. The molecule has 102 valence electrons. The minimum atomic E-state index is 0.552. The molecule has 6 nitrogen and oxygen atoms in total. The molecule has 0 amide bonds. The molecule has 0 radical (unpaired) electrons. The zero-order valence-corrected chi connectivity index (χ0v) is 12.8. The summed E-state index contributed by atoms with van der Waals surface area (Å²) in [5, 5.41) is 10.0. The Balaban J connectivity index is 2.24. The Morgan fingerprint density at radius 3 is 2.74 bits per heavy atom. The molecular weight excluding hydrogens is 280 g/mol. The van der Waals surface area contributed by atoms with Crippen LogP contribution in [0.2, 0.25) is 0 Å². The Labute approximate surface area is 120 Å². The van der Waals surface area contributed by atoms with Gasteiger partial charge in [-0.1, -0.05) is 24.7 Å². The van der Waals surface area contributed by atoms with Crippen molar-refractivity contribution in [2.75, 3.05) is 24.7 Å². The van der Waals surface area contributed by atoms with Crippen molar-refractivity contribution in [1.82, 2.24) is 20.2 Å². The molecule has 0 atom stereocenters. The fraction of sp³-hybridized carbons (Fsp3) is 0.455. The van der Waals surface area contributed by atoms with E-state index in [4.69, 9.17) is 5.73 Å². The van der Waals surface area contributed by atoms with Crippen molar-refractivity contribution < 1.29 is 0 Å². The standard InChI is InChI=1S/C11H16N6S2/c1-4-5-7-8(12)13-6-14-9(7)18-11-16-15-10(19-11)17(2)3/h6H,4-5H2,1-3H3,(H2,12,13,14). The molecule has 2 N–H and O–H groups in total. The van der Waals surface area contributed by atoms with E-state index in [0.717, 1.165) is 32.9 Å². The van der Waals surface area contributed by atoms with Gasteiger partial charge in [0.1, 0.15) is 17.2 Å². The number of hydrogen-bond acceptors (Lipinski definition) is 8. The van der Waals surface area contributed by atoms with Gasteiger partial charge >= 0.3 is 0 Å². The summed E-state index contributed by atoms with van der Waals surface area (Å²) in [4.78, 5) is 10.3. The molecule has 0 bridgehead atoms. The first-order valence-corrected chi connectivity index (χ1v) is 7.53. The molecule has 0 aliphatic rings. The molecule has 0 spiro atoms. The van der Waals surface area contributed by atoms with E-state index in [1.54, 1.807) is 0 Å². The first-order valence-electron chi connectivity index (χ1n) is 5.89. The normalized spacial score (nSPS) is 10.7. The van der Waals surface area contributed by atoms with Crippen molar-refractivity contribution >= 4 is 34.0 Å². The van der Waals surface area contributed by atoms with Gasteiger partial charge in [-0.05, 0) is 18.2 Å². The molecule has 8 heteroatoms. The van der Waals surface area contributed by atoms with Crippen LogP contribution in [0.4, 0.5) is 10.9 Å². The molecule has 2 aromatic heterocycles. The average molecular weight is 296 g/mol. The molecule has 2 heterocycles. The molecular formula is C11H16N6S2. The monoisotopic (exact) mass is 296 g/mol. The largest absolute Gasteiger partial charge is 0.383 e. The van der Waals surface area contributed by atoms with Gasteiger partial charge in [0.25, 0.3) is 0 Å². The maximum Gasteiger partial charge on any atom is 0.208 e. The molecule has 19 heavy (non-hydrogen) atoms. The minimum absolute atomic E-state index is 0.552. The summed E-state index contributed by atoms with van der Waals surface area (Å²) in [6.45, 7) is 2.11. The van der Waals surface area contributed by atoms with Crippen LogP contribution >= 0.6 is 23.1 Å². The quantitative estimate of drug-likeness (QED) is 0.846. The summed E-state index contributed by atoms with van der Waals surface area (Å²) in [7, 11) is 3.89. The predicted octanol–water partition coefficient (Wildman–Crippen LogP) is 2.08. The highest BCUT2D eigenvalue weighted by atomic mass is 32.2. The minimum Gasteiger partial charge on any atom is -0.383 e. The Hall–Kier alpha value is -1.41. The van der Waals surface area contributed by atoms with E-state index < -0.39 is 0 Å². The molecule has 2 aromatic rings. The number of anilines is 2. The zero-order chi connectivity index (χ0) is 13.8. The fourth-order valence-electron chi connectivity index (χ4n) is 1.49. The zero-order valence-electron chi connectivity index (χ0n) is 11.1. The summed E-state index contributed by atoms with van der Waals surface area (Å²) in [5.74, 6) is 0.552. The Morgan fingerprint density at radius 2 is 2.11 bits per heavy atom. The van der Waals surface area contributed by atoms with Gasteiger partial charge in [0.15, 0.2) is 4.34 Å². The topological polar surface area (TPSA) is 80.8 Å². The van der Waals surface area contributed by atoms with E-state index in [0.29, 0.717) is 5.82 Å². The second kappa shape index (κ2) is 6.16. The second-order valence-electron chi connectivity index (χ2n) is 4.14. The first-order chi connectivity index (χ1) is 9.11. The van der Waals surface area contributed by atoms with Crippen LogP contribution in [0.3, 0.4) is 0 Å². The summed E-state index contributed by atoms with van der Waals surface area (Å²) in [5.41, 5.74) is 6.91. The van der Waals surface area contributed by atoms with E-state index >= 15 is 0 Å². The Morgan fingerprint density at radius 1 is 1.32 bits per heavy atom. The molecule has 0 saturated heterocycles. The van der Waals surface area contributed by atoms with Crippen molar-refractivity contribution in [3.05, 3.63) is 11.9 Å². The maximum absolute atomic E-state index is 5.91. The van der Waals surface area contributed by atoms with Gasteiger partial charge in [0, 0.05) is 19.7 Å². The van der Waals surface area contributed by atoms with Gasteiger partial charge < -0.3 is 10.6 Å². The van der Waals surface area contributed by atoms with Crippen LogP contribution in [0.25, 0.3) is 0 Å². The predicted molar refractivity (Wildman–Crippen MR) is 78.8 cm³/mol. The van der Waals surface area contributed by atoms with Gasteiger partial charge in [0.2, 0.25) is 5.13 Å². The highest BCUT2D eigenvalue weighted by Crippen LogP contribution is 2.34. The lowest BCUT2D eigenvalue weighted by molar-refractivity contribution is 0.860. The molecule has 0 aliphatic heterocycles. The summed E-state index contributed by atoms with van der Waals surface area (Å²) in [6, 6.07) is 0. The third-order valence-electron chi connectivity index (χ3n) is 2.40. The molecule has 0 unspecified atom stereocenters. The second-order valence-corrected chi connectivity index (χ2v) is 6.33. The lowest BCUT2D eigenvalue weighted by Crippen LogP contribution is -2.07. The third-order valence-corrected chi connectivity index (χ3v) is 4.59. The summed E-state index contributed by atoms with van der Waals surface area (Å²) < 4.78 is 0.860. The van der Waals surface area contributed by atoms with Crippen LogP contribution in [0.15, 0.2) is 15.7 Å². The lowest BCUT2D eigenvalue weighted by atomic mass is 10.2. The molecule has 0 saturated carbocycles. The highest BCUT2D eigenvalue weighted by molar-refractivity contribution is 8.01. The van der Waals surface area contributed by atoms with E-state index in [1.165, 1.54) is 29.4 Å². The number of rotatable bonds is 5. The number of aromatic nitrogens is 4. The molecule has 0 aliphatic carbocycles. The van der Waals surface area contributed by atoms with Crippen molar-refractivity contribution in [2.45, 2.75) is 29.1 Å². The van der Waals surface area contributed by atoms with Crippen molar-refractivity contribution in [2.24, 2.45) is 0 Å². The Kier molecular flexibility index (Phi) is 4.54. The third kappa shape index (κ3) is 3.32. The highest BCUT2D eigenvalue weighted by Gasteiger charge is 2.13. The van der Waals surface area contributed by atoms with Crippen LogP contribution in [-0.4, -0.2) is 34.3 Å². The Bertz CT molecular complexity index is 554. The first kappa shape index (κ1) is 14.0. The van der Waals surface area contributed by atoms with E-state index in [9.17, 15) is 0 Å².